The molecule has 2 atom stereocenters. The zero-order valence-corrected chi connectivity index (χ0v) is 11.9. The van der Waals surface area contributed by atoms with Crippen LogP contribution in [-0.2, 0) is 0 Å². The molecule has 1 aromatic carbocycles. The van der Waals surface area contributed by atoms with Gasteiger partial charge in [0.15, 0.2) is 11.6 Å². The third-order valence-corrected chi connectivity index (χ3v) is 3.11. The highest BCUT2D eigenvalue weighted by Crippen LogP contribution is 2.15. The summed E-state index contributed by atoms with van der Waals surface area (Å²) < 4.78 is 18.6. The van der Waals surface area contributed by atoms with E-state index < -0.39 is 11.9 Å². The van der Waals surface area contributed by atoms with Gasteiger partial charge in [-0.15, -0.1) is 0 Å². The van der Waals surface area contributed by atoms with Gasteiger partial charge in [-0.25, -0.2) is 4.39 Å². The van der Waals surface area contributed by atoms with Crippen LogP contribution in [0.15, 0.2) is 48.8 Å². The Hall–Kier alpha value is -1.98. The first-order valence-corrected chi connectivity index (χ1v) is 6.85. The van der Waals surface area contributed by atoms with Crippen molar-refractivity contribution < 1.29 is 14.2 Å². The molecule has 0 radical (unpaired) electrons. The van der Waals surface area contributed by atoms with Crippen LogP contribution in [0.5, 0.6) is 5.75 Å². The molecule has 5 heteroatoms. The predicted molar refractivity (Wildman–Crippen MR) is 78.6 cm³/mol. The van der Waals surface area contributed by atoms with Crippen LogP contribution in [0.1, 0.15) is 18.5 Å². The summed E-state index contributed by atoms with van der Waals surface area (Å²) in [7, 11) is 0. The molecule has 0 amide bonds. The molecule has 1 aromatic heterocycles. The van der Waals surface area contributed by atoms with E-state index in [0.717, 1.165) is 5.56 Å². The average molecular weight is 290 g/mol. The van der Waals surface area contributed by atoms with Crippen LogP contribution < -0.4 is 10.1 Å². The summed E-state index contributed by atoms with van der Waals surface area (Å²) in [5, 5.41) is 13.1. The number of nitrogens with one attached hydrogen (secondary N) is 1. The van der Waals surface area contributed by atoms with Crippen LogP contribution >= 0.6 is 0 Å². The van der Waals surface area contributed by atoms with Crippen molar-refractivity contribution in [3.63, 3.8) is 0 Å². The molecule has 0 spiro atoms. The summed E-state index contributed by atoms with van der Waals surface area (Å²) in [6.45, 7) is 2.37. The molecule has 1 unspecified atom stereocenters. The largest absolute Gasteiger partial charge is 0.488 e. The lowest BCUT2D eigenvalue weighted by atomic mass is 10.1. The van der Waals surface area contributed by atoms with Crippen LogP contribution in [-0.4, -0.2) is 29.3 Å². The van der Waals surface area contributed by atoms with E-state index in [1.54, 1.807) is 24.5 Å². The minimum atomic E-state index is -0.719. The van der Waals surface area contributed by atoms with Gasteiger partial charge >= 0.3 is 0 Å². The van der Waals surface area contributed by atoms with Crippen molar-refractivity contribution in [3.8, 4) is 5.75 Å². The molecule has 0 aliphatic carbocycles. The smallest absolute Gasteiger partial charge is 0.165 e. The molecular formula is C16H19FN2O2. The molecule has 0 fully saturated rings. The Bertz CT molecular complexity index is 551. The Balaban J connectivity index is 1.75. The Labute approximate surface area is 123 Å². The summed E-state index contributed by atoms with van der Waals surface area (Å²) in [5.74, 6) is -0.279. The van der Waals surface area contributed by atoms with Gasteiger partial charge in [0.25, 0.3) is 0 Å². The van der Waals surface area contributed by atoms with Crippen LogP contribution in [0.3, 0.4) is 0 Å². The fourth-order valence-electron chi connectivity index (χ4n) is 1.87. The molecule has 2 aromatic rings. The monoisotopic (exact) mass is 290 g/mol. The van der Waals surface area contributed by atoms with Crippen LogP contribution in [0.4, 0.5) is 4.39 Å². The van der Waals surface area contributed by atoms with E-state index in [2.05, 4.69) is 10.3 Å². The van der Waals surface area contributed by atoms with Gasteiger partial charge in [-0.3, -0.25) is 4.98 Å². The Morgan fingerprint density at radius 1 is 1.29 bits per heavy atom. The minimum Gasteiger partial charge on any atom is -0.488 e. The number of nitrogens with zero attached hydrogens (tertiary/aromatic N) is 1. The van der Waals surface area contributed by atoms with Crippen molar-refractivity contribution >= 4 is 0 Å². The normalized spacial score (nSPS) is 13.7. The van der Waals surface area contributed by atoms with Crippen molar-refractivity contribution in [2.75, 3.05) is 13.2 Å². The molecule has 0 saturated carbocycles. The maximum atomic E-state index is 13.3. The number of hydrogen-bond donors (Lipinski definition) is 2. The second-order valence-electron chi connectivity index (χ2n) is 4.81. The number of ether oxygens (including phenoxy) is 1. The highest BCUT2D eigenvalue weighted by Gasteiger charge is 2.10. The molecule has 0 aliphatic heterocycles. The molecular weight excluding hydrogens is 271 g/mol. The van der Waals surface area contributed by atoms with Gasteiger partial charge in [0.05, 0.1) is 0 Å². The number of rotatable bonds is 7. The van der Waals surface area contributed by atoms with Gasteiger partial charge in [-0.2, -0.15) is 0 Å². The van der Waals surface area contributed by atoms with Crippen molar-refractivity contribution in [1.29, 1.82) is 0 Å². The van der Waals surface area contributed by atoms with Crippen molar-refractivity contribution in [1.82, 2.24) is 10.3 Å². The molecule has 2 rings (SSSR count). The lowest BCUT2D eigenvalue weighted by Crippen LogP contribution is -2.33. The summed E-state index contributed by atoms with van der Waals surface area (Å²) in [6.07, 6.45) is 2.77. The average Bonchev–Trinajstić information content (AvgIpc) is 2.52. The van der Waals surface area contributed by atoms with Gasteiger partial charge in [0, 0.05) is 25.0 Å². The predicted octanol–water partition coefficient (Wildman–Crippen LogP) is 2.31. The minimum absolute atomic E-state index is 0.0354. The zero-order chi connectivity index (χ0) is 15.1. The number of hydrogen-bond acceptors (Lipinski definition) is 4. The van der Waals surface area contributed by atoms with E-state index in [-0.39, 0.29) is 18.4 Å². The lowest BCUT2D eigenvalue weighted by Gasteiger charge is -2.17. The molecule has 2 N–H and O–H groups in total. The number of para-hydroxylation sites is 1. The third-order valence-electron chi connectivity index (χ3n) is 3.11. The van der Waals surface area contributed by atoms with E-state index in [0.29, 0.717) is 6.54 Å². The molecule has 4 nitrogen and oxygen atoms in total. The SMILES string of the molecule is C[C@H](NCC(O)COc1ccccc1F)c1cccnc1. The van der Waals surface area contributed by atoms with Crippen molar-refractivity contribution in [2.45, 2.75) is 19.1 Å². The first-order chi connectivity index (χ1) is 10.2. The fourth-order valence-corrected chi connectivity index (χ4v) is 1.87. The van der Waals surface area contributed by atoms with E-state index in [9.17, 15) is 9.50 Å². The van der Waals surface area contributed by atoms with Gasteiger partial charge in [0.2, 0.25) is 0 Å². The Kier molecular flexibility index (Phi) is 5.66. The number of halogens is 1. The quantitative estimate of drug-likeness (QED) is 0.821. The fraction of sp³-hybridized carbons (Fsp3) is 0.312. The standard InChI is InChI=1S/C16H19FN2O2/c1-12(13-5-4-8-18-9-13)19-10-14(20)11-21-16-7-3-2-6-15(16)17/h2-9,12,14,19-20H,10-11H2,1H3/t12-,14?/m0/s1. The molecule has 1 heterocycles. The summed E-state index contributed by atoms with van der Waals surface area (Å²) in [6, 6.07) is 10.0. The first kappa shape index (κ1) is 15.4. The second-order valence-corrected chi connectivity index (χ2v) is 4.81. The highest BCUT2D eigenvalue weighted by molar-refractivity contribution is 5.23. The van der Waals surface area contributed by atoms with Gasteiger partial charge < -0.3 is 15.2 Å². The van der Waals surface area contributed by atoms with Crippen LogP contribution in [0, 0.1) is 5.82 Å². The maximum Gasteiger partial charge on any atom is 0.165 e. The number of benzene rings is 1. The second kappa shape index (κ2) is 7.71. The molecule has 0 aliphatic rings. The third kappa shape index (κ3) is 4.81. The van der Waals surface area contributed by atoms with E-state index in [4.69, 9.17) is 4.74 Å². The molecule has 0 saturated heterocycles. The summed E-state index contributed by atoms with van der Waals surface area (Å²) >= 11 is 0. The molecule has 21 heavy (non-hydrogen) atoms. The van der Waals surface area contributed by atoms with E-state index >= 15 is 0 Å². The number of aliphatic hydroxyl groups is 1. The number of aliphatic hydroxyl groups excluding tert-OH is 1. The molecule has 112 valence electrons. The zero-order valence-electron chi connectivity index (χ0n) is 11.9. The van der Waals surface area contributed by atoms with Gasteiger partial charge in [0.1, 0.15) is 12.7 Å². The van der Waals surface area contributed by atoms with Crippen LogP contribution in [0.25, 0.3) is 0 Å². The highest BCUT2D eigenvalue weighted by atomic mass is 19.1. The van der Waals surface area contributed by atoms with Gasteiger partial charge in [-0.1, -0.05) is 18.2 Å². The Morgan fingerprint density at radius 3 is 2.81 bits per heavy atom. The lowest BCUT2D eigenvalue weighted by molar-refractivity contribution is 0.102. The summed E-state index contributed by atoms with van der Waals surface area (Å²) in [5.41, 5.74) is 1.04. The van der Waals surface area contributed by atoms with Crippen LogP contribution in [0.2, 0.25) is 0 Å². The van der Waals surface area contributed by atoms with Crippen molar-refractivity contribution in [2.24, 2.45) is 0 Å². The maximum absolute atomic E-state index is 13.3. The number of aromatic nitrogens is 1. The topological polar surface area (TPSA) is 54.4 Å². The number of pyridine rings is 1. The van der Waals surface area contributed by atoms with Gasteiger partial charge in [-0.05, 0) is 30.7 Å². The Morgan fingerprint density at radius 2 is 2.10 bits per heavy atom. The van der Waals surface area contributed by atoms with E-state index in [1.807, 2.05) is 19.1 Å². The summed E-state index contributed by atoms with van der Waals surface area (Å²) in [4.78, 5) is 4.05. The van der Waals surface area contributed by atoms with Crippen molar-refractivity contribution in [3.05, 3.63) is 60.2 Å². The van der Waals surface area contributed by atoms with E-state index in [1.165, 1.54) is 12.1 Å². The first-order valence-electron chi connectivity index (χ1n) is 6.85. The molecule has 0 bridgehead atoms.